The smallest absolute Gasteiger partial charge is 0.189 e. The first kappa shape index (κ1) is 12.8. The number of aryl methyl sites for hydroxylation is 3. The van der Waals surface area contributed by atoms with Gasteiger partial charge in [0.2, 0.25) is 0 Å². The summed E-state index contributed by atoms with van der Waals surface area (Å²) in [5.74, 6) is 0.455. The molecule has 0 atom stereocenters. The minimum atomic E-state index is 0.0928. The third-order valence-electron chi connectivity index (χ3n) is 2.52. The summed E-state index contributed by atoms with van der Waals surface area (Å²) < 4.78 is 1.82. The van der Waals surface area contributed by atoms with Crippen LogP contribution >= 0.6 is 11.8 Å². The number of Topliss-reactive ketones (excluding diaryl/α,β-unsaturated/α-hetero) is 1. The molecule has 0 N–H and O–H groups in total. The lowest BCUT2D eigenvalue weighted by Gasteiger charge is -2.03. The lowest BCUT2D eigenvalue weighted by molar-refractivity contribution is 0.101. The second-order valence-corrected chi connectivity index (χ2v) is 5.09. The summed E-state index contributed by atoms with van der Waals surface area (Å²) in [6.45, 7) is 3.86. The Morgan fingerprint density at radius 1 is 1.33 bits per heavy atom. The van der Waals surface area contributed by atoms with E-state index in [1.54, 1.807) is 0 Å². The maximum absolute atomic E-state index is 12.0. The van der Waals surface area contributed by atoms with E-state index in [0.717, 1.165) is 11.4 Å². The van der Waals surface area contributed by atoms with E-state index in [9.17, 15) is 4.79 Å². The van der Waals surface area contributed by atoms with Gasteiger partial charge < -0.3 is 4.57 Å². The fourth-order valence-electron chi connectivity index (χ4n) is 1.71. The van der Waals surface area contributed by atoms with E-state index in [1.807, 2.05) is 49.9 Å². The quantitative estimate of drug-likeness (QED) is 0.482. The molecule has 0 radical (unpaired) electrons. The monoisotopic (exact) mass is 261 g/mol. The highest BCUT2D eigenvalue weighted by Gasteiger charge is 2.10. The molecule has 0 aromatic carbocycles. The second-order valence-electron chi connectivity index (χ2n) is 4.15. The van der Waals surface area contributed by atoms with Gasteiger partial charge in [-0.3, -0.25) is 4.79 Å². The molecule has 2 heterocycles. The zero-order valence-electron chi connectivity index (χ0n) is 10.7. The van der Waals surface area contributed by atoms with Crippen molar-refractivity contribution in [3.8, 4) is 0 Å². The van der Waals surface area contributed by atoms with Crippen LogP contribution in [0.4, 0.5) is 0 Å². The minimum Gasteiger partial charge on any atom is -0.348 e. The van der Waals surface area contributed by atoms with E-state index in [1.165, 1.54) is 11.8 Å². The van der Waals surface area contributed by atoms with Crippen LogP contribution in [0.15, 0.2) is 29.6 Å². The van der Waals surface area contributed by atoms with E-state index in [4.69, 9.17) is 0 Å². The maximum Gasteiger partial charge on any atom is 0.189 e. The number of nitrogens with zero attached hydrogens (tertiary/aromatic N) is 3. The number of hydrogen-bond donors (Lipinski definition) is 0. The molecule has 4 nitrogen and oxygen atoms in total. The van der Waals surface area contributed by atoms with Gasteiger partial charge in [-0.05, 0) is 32.0 Å². The molecule has 0 saturated heterocycles. The highest BCUT2D eigenvalue weighted by atomic mass is 32.2. The summed E-state index contributed by atoms with van der Waals surface area (Å²) in [4.78, 5) is 20.6. The molecule has 0 amide bonds. The van der Waals surface area contributed by atoms with Crippen LogP contribution < -0.4 is 0 Å². The largest absolute Gasteiger partial charge is 0.348 e. The van der Waals surface area contributed by atoms with Gasteiger partial charge in [0.15, 0.2) is 10.9 Å². The fraction of sp³-hybridized carbons (Fsp3) is 0.308. The maximum atomic E-state index is 12.0. The Labute approximate surface area is 110 Å². The minimum absolute atomic E-state index is 0.0928. The molecule has 5 heteroatoms. The third kappa shape index (κ3) is 2.98. The van der Waals surface area contributed by atoms with Crippen molar-refractivity contribution in [1.29, 1.82) is 0 Å². The van der Waals surface area contributed by atoms with E-state index < -0.39 is 0 Å². The summed E-state index contributed by atoms with van der Waals surface area (Å²) in [6, 6.07) is 5.61. The first-order valence-electron chi connectivity index (χ1n) is 5.66. The Balaban J connectivity index is 2.04. The van der Waals surface area contributed by atoms with Crippen LogP contribution in [0.5, 0.6) is 0 Å². The molecular weight excluding hydrogens is 246 g/mol. The summed E-state index contributed by atoms with van der Waals surface area (Å²) in [6.07, 6.45) is 1.87. The number of thioether (sulfide) groups is 1. The first-order valence-corrected chi connectivity index (χ1v) is 6.64. The van der Waals surface area contributed by atoms with Crippen molar-refractivity contribution in [2.75, 3.05) is 5.75 Å². The van der Waals surface area contributed by atoms with Gasteiger partial charge >= 0.3 is 0 Å². The number of ketones is 1. The van der Waals surface area contributed by atoms with Crippen LogP contribution in [-0.4, -0.2) is 26.1 Å². The Morgan fingerprint density at radius 3 is 2.56 bits per heavy atom. The van der Waals surface area contributed by atoms with Crippen LogP contribution in [0.2, 0.25) is 0 Å². The molecule has 0 spiro atoms. The SMILES string of the molecule is Cc1cc(C)nc(SCC(=O)c2cccn2C)n1. The van der Waals surface area contributed by atoms with Crippen molar-refractivity contribution in [3.05, 3.63) is 41.5 Å². The summed E-state index contributed by atoms with van der Waals surface area (Å²) >= 11 is 1.38. The molecule has 0 bridgehead atoms. The van der Waals surface area contributed by atoms with Crippen molar-refractivity contribution >= 4 is 17.5 Å². The van der Waals surface area contributed by atoms with Gasteiger partial charge in [0.05, 0.1) is 11.4 Å². The average molecular weight is 261 g/mol. The molecule has 0 fully saturated rings. The predicted molar refractivity (Wildman–Crippen MR) is 72.0 cm³/mol. The van der Waals surface area contributed by atoms with Gasteiger partial charge in [0, 0.05) is 24.6 Å². The van der Waals surface area contributed by atoms with E-state index in [2.05, 4.69) is 9.97 Å². The van der Waals surface area contributed by atoms with E-state index >= 15 is 0 Å². The van der Waals surface area contributed by atoms with E-state index in [0.29, 0.717) is 16.6 Å². The molecule has 2 aromatic rings. The molecular formula is C13H15N3OS. The lowest BCUT2D eigenvalue weighted by Crippen LogP contribution is -2.08. The number of rotatable bonds is 4. The van der Waals surface area contributed by atoms with Crippen LogP contribution in [0.1, 0.15) is 21.9 Å². The van der Waals surface area contributed by atoms with Gasteiger partial charge in [0.1, 0.15) is 0 Å². The van der Waals surface area contributed by atoms with Crippen molar-refractivity contribution in [2.24, 2.45) is 7.05 Å². The average Bonchev–Trinajstić information content (AvgIpc) is 2.71. The number of aromatic nitrogens is 3. The Bertz CT molecular complexity index is 557. The van der Waals surface area contributed by atoms with Crippen LogP contribution in [0.3, 0.4) is 0 Å². The number of carbonyl (C=O) groups excluding carboxylic acids is 1. The highest BCUT2D eigenvalue weighted by molar-refractivity contribution is 7.99. The van der Waals surface area contributed by atoms with E-state index in [-0.39, 0.29) is 5.78 Å². The fourth-order valence-corrected chi connectivity index (χ4v) is 2.54. The molecule has 94 valence electrons. The molecule has 0 unspecified atom stereocenters. The zero-order valence-corrected chi connectivity index (χ0v) is 11.5. The molecule has 0 saturated carbocycles. The van der Waals surface area contributed by atoms with Crippen molar-refractivity contribution in [2.45, 2.75) is 19.0 Å². The molecule has 0 aliphatic heterocycles. The van der Waals surface area contributed by atoms with Crippen LogP contribution in [0.25, 0.3) is 0 Å². The topological polar surface area (TPSA) is 47.8 Å². The number of carbonyl (C=O) groups is 1. The summed E-state index contributed by atoms with van der Waals surface area (Å²) in [5.41, 5.74) is 2.57. The Morgan fingerprint density at radius 2 is 2.00 bits per heavy atom. The molecule has 18 heavy (non-hydrogen) atoms. The first-order chi connectivity index (χ1) is 8.56. The van der Waals surface area contributed by atoms with Gasteiger partial charge in [-0.1, -0.05) is 11.8 Å². The van der Waals surface area contributed by atoms with Gasteiger partial charge in [-0.25, -0.2) is 9.97 Å². The number of hydrogen-bond acceptors (Lipinski definition) is 4. The molecule has 2 rings (SSSR count). The van der Waals surface area contributed by atoms with Crippen molar-refractivity contribution < 1.29 is 4.79 Å². The predicted octanol–water partition coefficient (Wildman–Crippen LogP) is 2.41. The zero-order chi connectivity index (χ0) is 13.1. The van der Waals surface area contributed by atoms with Gasteiger partial charge in [0.25, 0.3) is 0 Å². The molecule has 2 aromatic heterocycles. The summed E-state index contributed by atoms with van der Waals surface area (Å²) in [5, 5.41) is 0.662. The van der Waals surface area contributed by atoms with Crippen LogP contribution in [0, 0.1) is 13.8 Å². The Hall–Kier alpha value is -1.62. The highest BCUT2D eigenvalue weighted by Crippen LogP contribution is 2.16. The Kier molecular flexibility index (Phi) is 3.81. The standard InChI is InChI=1S/C13H15N3OS/c1-9-7-10(2)15-13(14-9)18-8-12(17)11-5-4-6-16(11)3/h4-7H,8H2,1-3H3. The van der Waals surface area contributed by atoms with Crippen molar-refractivity contribution in [3.63, 3.8) is 0 Å². The lowest BCUT2D eigenvalue weighted by atomic mass is 10.3. The normalized spacial score (nSPS) is 10.6. The second kappa shape index (κ2) is 5.35. The molecule has 0 aliphatic carbocycles. The summed E-state index contributed by atoms with van der Waals surface area (Å²) in [7, 11) is 1.87. The van der Waals surface area contributed by atoms with Gasteiger partial charge in [-0.15, -0.1) is 0 Å². The van der Waals surface area contributed by atoms with Crippen molar-refractivity contribution in [1.82, 2.24) is 14.5 Å². The third-order valence-corrected chi connectivity index (χ3v) is 3.37. The van der Waals surface area contributed by atoms with Gasteiger partial charge in [-0.2, -0.15) is 0 Å². The molecule has 0 aliphatic rings. The van der Waals surface area contributed by atoms with Crippen LogP contribution in [-0.2, 0) is 7.05 Å².